The van der Waals surface area contributed by atoms with Gasteiger partial charge >= 0.3 is 0 Å². The van der Waals surface area contributed by atoms with Gasteiger partial charge in [0.25, 0.3) is 5.91 Å². The first kappa shape index (κ1) is 24.6. The first-order valence-corrected chi connectivity index (χ1v) is 13.8. The highest BCUT2D eigenvalue weighted by Gasteiger charge is 2.35. The highest BCUT2D eigenvalue weighted by atomic mass is 32.1. The molecule has 1 atom stereocenters. The van der Waals surface area contributed by atoms with Crippen LogP contribution in [0.15, 0.2) is 66.0 Å². The van der Waals surface area contributed by atoms with Crippen LogP contribution in [-0.4, -0.2) is 47.9 Å². The van der Waals surface area contributed by atoms with Crippen molar-refractivity contribution >= 4 is 23.2 Å². The van der Waals surface area contributed by atoms with Crippen LogP contribution in [-0.2, 0) is 11.2 Å². The van der Waals surface area contributed by atoms with Gasteiger partial charge in [0, 0.05) is 23.5 Å². The van der Waals surface area contributed by atoms with Crippen LogP contribution in [0.2, 0.25) is 0 Å². The van der Waals surface area contributed by atoms with E-state index in [0.29, 0.717) is 37.1 Å². The molecule has 2 amide bonds. The summed E-state index contributed by atoms with van der Waals surface area (Å²) in [7, 11) is 0. The van der Waals surface area contributed by atoms with E-state index in [1.54, 1.807) is 16.2 Å². The highest BCUT2D eigenvalue weighted by molar-refractivity contribution is 7.10. The van der Waals surface area contributed by atoms with Crippen molar-refractivity contribution in [1.82, 2.24) is 9.80 Å². The number of rotatable bonds is 9. The third-order valence-corrected chi connectivity index (χ3v) is 8.18. The van der Waals surface area contributed by atoms with Crippen LogP contribution in [0.5, 0.6) is 5.75 Å². The molecule has 5 nitrogen and oxygen atoms in total. The minimum absolute atomic E-state index is 0.0134. The minimum Gasteiger partial charge on any atom is -0.491 e. The lowest BCUT2D eigenvalue weighted by Gasteiger charge is -2.37. The molecule has 0 radical (unpaired) electrons. The van der Waals surface area contributed by atoms with Crippen LogP contribution in [0.25, 0.3) is 0 Å². The second-order valence-electron chi connectivity index (χ2n) is 10.2. The summed E-state index contributed by atoms with van der Waals surface area (Å²) in [5.74, 6) is 1.70. The Morgan fingerprint density at radius 2 is 1.81 bits per heavy atom. The molecule has 0 N–H and O–H groups in total. The Kier molecular flexibility index (Phi) is 7.42. The molecule has 2 aliphatic rings. The Hall–Kier alpha value is -3.12. The Bertz CT molecular complexity index is 1180. The van der Waals surface area contributed by atoms with Crippen LogP contribution in [0, 0.1) is 5.92 Å². The molecule has 0 bridgehead atoms. The Morgan fingerprint density at radius 3 is 2.50 bits per heavy atom. The van der Waals surface area contributed by atoms with Gasteiger partial charge in [0.1, 0.15) is 18.9 Å². The molecule has 188 valence electrons. The maximum atomic E-state index is 13.7. The van der Waals surface area contributed by atoms with E-state index in [1.165, 1.54) is 16.0 Å². The van der Waals surface area contributed by atoms with E-state index in [-0.39, 0.29) is 24.4 Å². The van der Waals surface area contributed by atoms with Crippen molar-refractivity contribution in [3.05, 3.63) is 87.6 Å². The summed E-state index contributed by atoms with van der Waals surface area (Å²) < 4.78 is 6.21. The molecule has 2 heterocycles. The lowest BCUT2D eigenvalue weighted by atomic mass is 10.00. The van der Waals surface area contributed by atoms with Crippen molar-refractivity contribution in [3.8, 4) is 5.75 Å². The van der Waals surface area contributed by atoms with Crippen molar-refractivity contribution < 1.29 is 14.3 Å². The number of fused-ring (bicyclic) bond motifs is 1. The van der Waals surface area contributed by atoms with Gasteiger partial charge in [-0.3, -0.25) is 9.59 Å². The number of carbonyl (C=O) groups is 2. The van der Waals surface area contributed by atoms with Gasteiger partial charge in [-0.1, -0.05) is 44.2 Å². The molecule has 0 unspecified atom stereocenters. The standard InChI is InChI=1S/C30H34N2O3S/c1-21(2)23-10-12-25(13-11-23)35-20-27-26-15-17-36-28(26)14-16-32(27)29(33)19-31(18-22-8-9-22)30(34)24-6-4-3-5-7-24/h3-7,10-13,15,17,21-22,27H,8-9,14,16,18-20H2,1-2H3/t27-/m0/s1. The molecule has 5 rings (SSSR count). The molecule has 6 heteroatoms. The Labute approximate surface area is 217 Å². The topological polar surface area (TPSA) is 49.9 Å². The zero-order valence-corrected chi connectivity index (χ0v) is 21.9. The van der Waals surface area contributed by atoms with Crippen LogP contribution < -0.4 is 4.74 Å². The smallest absolute Gasteiger partial charge is 0.254 e. The van der Waals surface area contributed by atoms with Crippen LogP contribution in [0.4, 0.5) is 0 Å². The van der Waals surface area contributed by atoms with E-state index in [1.807, 2.05) is 47.4 Å². The normalized spacial score (nSPS) is 17.1. The molecule has 1 saturated carbocycles. The van der Waals surface area contributed by atoms with Crippen molar-refractivity contribution in [2.24, 2.45) is 5.92 Å². The van der Waals surface area contributed by atoms with E-state index >= 15 is 0 Å². The molecule has 1 aliphatic heterocycles. The van der Waals surface area contributed by atoms with Gasteiger partial charge in [0.2, 0.25) is 5.91 Å². The van der Waals surface area contributed by atoms with Crippen molar-refractivity contribution in [2.45, 2.75) is 45.1 Å². The van der Waals surface area contributed by atoms with Gasteiger partial charge in [-0.15, -0.1) is 11.3 Å². The van der Waals surface area contributed by atoms with Gasteiger partial charge in [0.05, 0.1) is 6.04 Å². The fourth-order valence-corrected chi connectivity index (χ4v) is 5.78. The second kappa shape index (κ2) is 10.9. The van der Waals surface area contributed by atoms with Gasteiger partial charge in [-0.05, 0) is 77.9 Å². The van der Waals surface area contributed by atoms with Gasteiger partial charge in [-0.2, -0.15) is 0 Å². The summed E-state index contributed by atoms with van der Waals surface area (Å²) >= 11 is 1.74. The maximum Gasteiger partial charge on any atom is 0.254 e. The molecule has 0 spiro atoms. The average Bonchev–Trinajstić information content (AvgIpc) is 3.59. The number of ether oxygens (including phenoxy) is 1. The first-order chi connectivity index (χ1) is 17.5. The van der Waals surface area contributed by atoms with Crippen molar-refractivity contribution in [1.29, 1.82) is 0 Å². The number of nitrogens with zero attached hydrogens (tertiary/aromatic N) is 2. The highest BCUT2D eigenvalue weighted by Crippen LogP contribution is 2.35. The molecule has 2 aromatic carbocycles. The van der Waals surface area contributed by atoms with Crippen molar-refractivity contribution in [2.75, 3.05) is 26.2 Å². The number of thiophene rings is 1. The van der Waals surface area contributed by atoms with Crippen LogP contribution in [0.1, 0.15) is 65.0 Å². The lowest BCUT2D eigenvalue weighted by molar-refractivity contribution is -0.135. The number of hydrogen-bond acceptors (Lipinski definition) is 4. The number of benzene rings is 2. The monoisotopic (exact) mass is 502 g/mol. The fraction of sp³-hybridized carbons (Fsp3) is 0.400. The van der Waals surface area contributed by atoms with E-state index in [9.17, 15) is 9.59 Å². The van der Waals surface area contributed by atoms with Gasteiger partial charge < -0.3 is 14.5 Å². The quantitative estimate of drug-likeness (QED) is 0.364. The predicted molar refractivity (Wildman–Crippen MR) is 144 cm³/mol. The zero-order valence-electron chi connectivity index (χ0n) is 21.1. The summed E-state index contributed by atoms with van der Waals surface area (Å²) in [6, 6.07) is 19.5. The fourth-order valence-electron chi connectivity index (χ4n) is 4.85. The van der Waals surface area contributed by atoms with E-state index < -0.39 is 0 Å². The molecule has 1 fully saturated rings. The maximum absolute atomic E-state index is 13.7. The largest absolute Gasteiger partial charge is 0.491 e. The first-order valence-electron chi connectivity index (χ1n) is 12.9. The molecule has 1 aliphatic carbocycles. The Morgan fingerprint density at radius 1 is 1.06 bits per heavy atom. The van der Waals surface area contributed by atoms with Gasteiger partial charge in [-0.25, -0.2) is 0 Å². The van der Waals surface area contributed by atoms with E-state index in [0.717, 1.165) is 25.0 Å². The second-order valence-corrected chi connectivity index (χ2v) is 11.2. The third-order valence-electron chi connectivity index (χ3n) is 7.18. The molecule has 36 heavy (non-hydrogen) atoms. The van der Waals surface area contributed by atoms with Gasteiger partial charge in [0.15, 0.2) is 0 Å². The molecular formula is C30H34N2O3S. The van der Waals surface area contributed by atoms with Crippen molar-refractivity contribution in [3.63, 3.8) is 0 Å². The van der Waals surface area contributed by atoms with E-state index in [2.05, 4.69) is 37.4 Å². The third kappa shape index (κ3) is 5.65. The van der Waals surface area contributed by atoms with E-state index in [4.69, 9.17) is 4.74 Å². The summed E-state index contributed by atoms with van der Waals surface area (Å²) in [6.07, 6.45) is 3.09. The molecule has 3 aromatic rings. The minimum atomic E-state index is -0.160. The number of amides is 2. The molecule has 0 saturated heterocycles. The molecule has 1 aromatic heterocycles. The summed E-state index contributed by atoms with van der Waals surface area (Å²) in [4.78, 5) is 32.0. The molecular weight excluding hydrogens is 468 g/mol. The summed E-state index contributed by atoms with van der Waals surface area (Å²) in [6.45, 7) is 6.13. The van der Waals surface area contributed by atoms with Crippen LogP contribution >= 0.6 is 11.3 Å². The summed E-state index contributed by atoms with van der Waals surface area (Å²) in [5.41, 5.74) is 3.08. The average molecular weight is 503 g/mol. The Balaban J connectivity index is 1.32. The summed E-state index contributed by atoms with van der Waals surface area (Å²) in [5, 5.41) is 2.10. The zero-order chi connectivity index (χ0) is 25.1. The lowest BCUT2D eigenvalue weighted by Crippen LogP contribution is -2.48. The predicted octanol–water partition coefficient (Wildman–Crippen LogP) is 5.93. The number of carbonyl (C=O) groups excluding carboxylic acids is 2. The SMILES string of the molecule is CC(C)c1ccc(OC[C@H]2c3ccsc3CCN2C(=O)CN(CC2CC2)C(=O)c2ccccc2)cc1. The number of hydrogen-bond donors (Lipinski definition) is 0. The van der Waals surface area contributed by atoms with Crippen LogP contribution in [0.3, 0.4) is 0 Å².